The van der Waals surface area contributed by atoms with Crippen molar-refractivity contribution in [3.05, 3.63) is 101 Å². The predicted molar refractivity (Wildman–Crippen MR) is 106 cm³/mol. The molecule has 3 nitrogen and oxygen atoms in total. The highest BCUT2D eigenvalue weighted by atomic mass is 35.5. The van der Waals surface area contributed by atoms with Gasteiger partial charge in [0.05, 0.1) is 12.6 Å². The molecule has 3 aromatic rings. The largest absolute Gasteiger partial charge is 0.322 e. The minimum Gasteiger partial charge on any atom is -0.322 e. The molecule has 132 valence electrons. The molecule has 0 aliphatic carbocycles. The second kappa shape index (κ2) is 7.38. The fourth-order valence-corrected chi connectivity index (χ4v) is 6.08. The lowest BCUT2D eigenvalue weighted by molar-refractivity contribution is 0.227. The zero-order valence-electron chi connectivity index (χ0n) is 14.1. The summed E-state index contributed by atoms with van der Waals surface area (Å²) in [7, 11) is -3.18. The number of hydrogen-bond acceptors (Lipinski definition) is 3. The maximum Gasteiger partial charge on any atom is 0.253 e. The first-order valence-corrected chi connectivity index (χ1v) is 10.6. The quantitative estimate of drug-likeness (QED) is 0.623. The molecule has 1 N–H and O–H groups in total. The van der Waals surface area contributed by atoms with Crippen molar-refractivity contribution < 1.29 is 9.09 Å². The van der Waals surface area contributed by atoms with E-state index in [4.69, 9.17) is 16.1 Å². The summed E-state index contributed by atoms with van der Waals surface area (Å²) in [5.74, 6) is -0.430. The minimum absolute atomic E-state index is 0.0253. The molecule has 0 aromatic heterocycles. The molecule has 0 spiro atoms. The van der Waals surface area contributed by atoms with Gasteiger partial charge in [-0.15, -0.1) is 0 Å². The van der Waals surface area contributed by atoms with Crippen molar-refractivity contribution in [1.29, 1.82) is 0 Å². The first-order valence-electron chi connectivity index (χ1n) is 8.53. The van der Waals surface area contributed by atoms with Gasteiger partial charge in [-0.25, -0.2) is 0 Å². The number of hydrogen-bond donors (Lipinski definition) is 1. The van der Waals surface area contributed by atoms with Crippen LogP contribution in [0.3, 0.4) is 0 Å². The van der Waals surface area contributed by atoms with E-state index in [0.29, 0.717) is 16.9 Å². The van der Waals surface area contributed by atoms with Crippen LogP contribution in [0.15, 0.2) is 84.9 Å². The van der Waals surface area contributed by atoms with Crippen LogP contribution in [0, 0.1) is 0 Å². The Bertz CT molecular complexity index is 933. The number of rotatable bonds is 3. The molecular formula is C21H19ClNO2P. The van der Waals surface area contributed by atoms with Crippen molar-refractivity contribution in [2.75, 3.05) is 6.61 Å². The molecule has 26 heavy (non-hydrogen) atoms. The Morgan fingerprint density at radius 3 is 2.19 bits per heavy atom. The van der Waals surface area contributed by atoms with Gasteiger partial charge >= 0.3 is 0 Å². The van der Waals surface area contributed by atoms with Crippen LogP contribution in [0.5, 0.6) is 0 Å². The molecule has 4 rings (SSSR count). The monoisotopic (exact) mass is 383 g/mol. The third kappa shape index (κ3) is 3.36. The van der Waals surface area contributed by atoms with E-state index in [1.165, 1.54) is 0 Å². The molecule has 1 heterocycles. The van der Waals surface area contributed by atoms with Gasteiger partial charge in [0, 0.05) is 10.3 Å². The minimum atomic E-state index is -3.18. The molecule has 0 bridgehead atoms. The Hall–Kier alpha value is -1.90. The summed E-state index contributed by atoms with van der Waals surface area (Å²) in [5, 5.41) is 4.75. The highest BCUT2D eigenvalue weighted by Crippen LogP contribution is 2.61. The lowest BCUT2D eigenvalue weighted by Crippen LogP contribution is -2.37. The van der Waals surface area contributed by atoms with Gasteiger partial charge in [-0.1, -0.05) is 78.3 Å². The first-order chi connectivity index (χ1) is 12.7. The summed E-state index contributed by atoms with van der Waals surface area (Å²) >= 11 is 6.15. The Balaban J connectivity index is 1.76. The average Bonchev–Trinajstić information content (AvgIpc) is 2.70. The molecule has 0 radical (unpaired) electrons. The van der Waals surface area contributed by atoms with Gasteiger partial charge in [0.2, 0.25) is 0 Å². The van der Waals surface area contributed by atoms with Gasteiger partial charge < -0.3 is 4.52 Å². The summed E-state index contributed by atoms with van der Waals surface area (Å²) in [6.45, 7) is 0.344. The lowest BCUT2D eigenvalue weighted by Gasteiger charge is -2.38. The van der Waals surface area contributed by atoms with Crippen LogP contribution < -0.4 is 10.6 Å². The zero-order chi connectivity index (χ0) is 18.0. The summed E-state index contributed by atoms with van der Waals surface area (Å²) in [6, 6.07) is 27.0. The number of nitrogens with one attached hydrogen (secondary N) is 1. The lowest BCUT2D eigenvalue weighted by atomic mass is 10.1. The van der Waals surface area contributed by atoms with Crippen LogP contribution in [0.2, 0.25) is 5.02 Å². The van der Waals surface area contributed by atoms with E-state index < -0.39 is 13.2 Å². The van der Waals surface area contributed by atoms with Crippen LogP contribution in [-0.4, -0.2) is 6.61 Å². The van der Waals surface area contributed by atoms with Gasteiger partial charge in [0.1, 0.15) is 5.78 Å². The molecule has 5 heteroatoms. The standard InChI is InChI=1S/C21H19ClNO2P/c22-18-12-7-13-19(14-18)26(24)21(17-10-5-2-6-11-17)23-20(15-25-26)16-8-3-1-4-9-16/h1-14,20-21,23H,15H2/t20-,21+,26?/m0/s1. The highest BCUT2D eigenvalue weighted by molar-refractivity contribution is 7.67. The molecule has 1 saturated heterocycles. The topological polar surface area (TPSA) is 38.3 Å². The fourth-order valence-electron chi connectivity index (χ4n) is 3.30. The van der Waals surface area contributed by atoms with Crippen molar-refractivity contribution >= 4 is 24.3 Å². The van der Waals surface area contributed by atoms with E-state index in [1.54, 1.807) is 12.1 Å². The van der Waals surface area contributed by atoms with Crippen molar-refractivity contribution in [1.82, 2.24) is 5.32 Å². The van der Waals surface area contributed by atoms with Crippen molar-refractivity contribution in [2.24, 2.45) is 0 Å². The number of halogens is 1. The van der Waals surface area contributed by atoms with Gasteiger partial charge in [0.15, 0.2) is 0 Å². The second-order valence-electron chi connectivity index (χ2n) is 6.32. The summed E-state index contributed by atoms with van der Waals surface area (Å²) < 4.78 is 20.0. The Morgan fingerprint density at radius 2 is 1.54 bits per heavy atom. The van der Waals surface area contributed by atoms with E-state index >= 15 is 0 Å². The van der Waals surface area contributed by atoms with E-state index in [9.17, 15) is 4.57 Å². The number of benzene rings is 3. The molecule has 3 aromatic carbocycles. The third-order valence-corrected chi connectivity index (χ3v) is 7.51. The summed E-state index contributed by atoms with van der Waals surface area (Å²) in [5.41, 5.74) is 2.06. The predicted octanol–water partition coefficient (Wildman–Crippen LogP) is 5.30. The van der Waals surface area contributed by atoms with E-state index in [1.807, 2.05) is 60.7 Å². The Morgan fingerprint density at radius 1 is 0.885 bits per heavy atom. The molecule has 3 atom stereocenters. The molecule has 1 aliphatic heterocycles. The second-order valence-corrected chi connectivity index (χ2v) is 9.24. The van der Waals surface area contributed by atoms with Gasteiger partial charge in [-0.2, -0.15) is 0 Å². The molecule has 1 unspecified atom stereocenters. The summed E-state index contributed by atoms with van der Waals surface area (Å²) in [4.78, 5) is 0. The van der Waals surface area contributed by atoms with Gasteiger partial charge in [-0.3, -0.25) is 9.88 Å². The van der Waals surface area contributed by atoms with Crippen molar-refractivity contribution in [3.63, 3.8) is 0 Å². The Labute approximate surface area is 158 Å². The van der Waals surface area contributed by atoms with Gasteiger partial charge in [0.25, 0.3) is 7.37 Å². The van der Waals surface area contributed by atoms with Crippen molar-refractivity contribution in [3.8, 4) is 0 Å². The maximum absolute atomic E-state index is 14.0. The molecule has 1 aliphatic rings. The molecule has 0 amide bonds. The molecular weight excluding hydrogens is 365 g/mol. The first kappa shape index (κ1) is 17.5. The normalized spacial score (nSPS) is 25.7. The third-order valence-electron chi connectivity index (χ3n) is 4.62. The highest BCUT2D eigenvalue weighted by Gasteiger charge is 2.43. The maximum atomic E-state index is 14.0. The SMILES string of the molecule is O=P1(c2cccc(Cl)c2)OC[C@@H](c2ccccc2)N[C@H]1c1ccccc1. The molecule has 1 fully saturated rings. The van der Waals surface area contributed by atoms with Crippen LogP contribution in [-0.2, 0) is 9.09 Å². The van der Waals surface area contributed by atoms with Crippen molar-refractivity contribution in [2.45, 2.75) is 11.8 Å². The molecule has 0 saturated carbocycles. The average molecular weight is 384 g/mol. The van der Waals surface area contributed by atoms with E-state index in [0.717, 1.165) is 11.1 Å². The van der Waals surface area contributed by atoms with E-state index in [2.05, 4.69) is 17.4 Å². The van der Waals surface area contributed by atoms with Gasteiger partial charge in [-0.05, 0) is 29.3 Å². The zero-order valence-corrected chi connectivity index (χ0v) is 15.7. The fraction of sp³-hybridized carbons (Fsp3) is 0.143. The van der Waals surface area contributed by atoms with Crippen LogP contribution in [0.1, 0.15) is 23.0 Å². The van der Waals surface area contributed by atoms with Crippen LogP contribution in [0.25, 0.3) is 0 Å². The summed E-state index contributed by atoms with van der Waals surface area (Å²) in [6.07, 6.45) is 0. The Kier molecular flexibility index (Phi) is 4.97. The van der Waals surface area contributed by atoms with E-state index in [-0.39, 0.29) is 6.04 Å². The van der Waals surface area contributed by atoms with Crippen LogP contribution >= 0.6 is 19.0 Å². The van der Waals surface area contributed by atoms with Crippen LogP contribution in [0.4, 0.5) is 0 Å². The smallest absolute Gasteiger partial charge is 0.253 e.